The van der Waals surface area contributed by atoms with E-state index in [1.54, 1.807) is 48.4 Å². The molecule has 1 atom stereocenters. The van der Waals surface area contributed by atoms with Gasteiger partial charge in [-0.15, -0.1) is 0 Å². The molecular formula is C25H22N10O3. The topological polar surface area (TPSA) is 161 Å². The summed E-state index contributed by atoms with van der Waals surface area (Å²) in [7, 11) is 1.64. The fraction of sp³-hybridized carbons (Fsp3) is 0.200. The number of hydrogen-bond donors (Lipinski definition) is 2. The summed E-state index contributed by atoms with van der Waals surface area (Å²) in [6.45, 7) is 2.30. The number of aromatic nitrogens is 8. The molecule has 0 unspecified atom stereocenters. The standard InChI is InChI=1S/C25H22N10O3/c1-15-28-14-29-35(15)16-6-7-22(27-13-16)32-24-26-10-8-19(31-24)17-4-3-5-18(30-17)20-12-21(38-33-20)25(37)9-11-34(2)23(25)36/h3-8,10,12-14,37H,9,11H2,1-2H3,(H,26,27,31,32)/t25-/m1/s1. The smallest absolute Gasteiger partial charge is 0.262 e. The van der Waals surface area contributed by atoms with Gasteiger partial charge in [0.2, 0.25) is 11.5 Å². The molecule has 0 spiro atoms. The van der Waals surface area contributed by atoms with Gasteiger partial charge in [-0.2, -0.15) is 5.10 Å². The van der Waals surface area contributed by atoms with Gasteiger partial charge in [0, 0.05) is 32.3 Å². The van der Waals surface area contributed by atoms with Crippen molar-refractivity contribution in [2.24, 2.45) is 0 Å². The molecule has 1 aliphatic rings. The van der Waals surface area contributed by atoms with Crippen molar-refractivity contribution >= 4 is 17.7 Å². The summed E-state index contributed by atoms with van der Waals surface area (Å²) in [5.41, 5.74) is 1.14. The third-order valence-electron chi connectivity index (χ3n) is 6.31. The first-order valence-electron chi connectivity index (χ1n) is 11.8. The Bertz CT molecular complexity index is 1630. The van der Waals surface area contributed by atoms with Crippen molar-refractivity contribution in [2.45, 2.75) is 18.9 Å². The Kier molecular flexibility index (Phi) is 5.61. The molecule has 1 saturated heterocycles. The highest BCUT2D eigenvalue weighted by Crippen LogP contribution is 2.34. The number of carbonyl (C=O) groups excluding carboxylic acids is 1. The first-order chi connectivity index (χ1) is 18.4. The van der Waals surface area contributed by atoms with E-state index in [0.29, 0.717) is 41.1 Å². The minimum absolute atomic E-state index is 0.0973. The zero-order chi connectivity index (χ0) is 26.3. The maximum Gasteiger partial charge on any atom is 0.262 e. The highest BCUT2D eigenvalue weighted by Gasteiger charge is 2.48. The number of likely N-dealkylation sites (tertiary alicyclic amines) is 1. The van der Waals surface area contributed by atoms with Crippen LogP contribution in [0.4, 0.5) is 11.8 Å². The molecule has 190 valence electrons. The summed E-state index contributed by atoms with van der Waals surface area (Å²) in [5, 5.41) is 22.2. The lowest BCUT2D eigenvalue weighted by Crippen LogP contribution is -2.35. The van der Waals surface area contributed by atoms with Crippen LogP contribution in [-0.4, -0.2) is 69.4 Å². The second kappa shape index (κ2) is 9.12. The summed E-state index contributed by atoms with van der Waals surface area (Å²) in [6.07, 6.45) is 5.03. The van der Waals surface area contributed by atoms with Gasteiger partial charge in [-0.25, -0.2) is 29.6 Å². The van der Waals surface area contributed by atoms with Crippen LogP contribution in [0.15, 0.2) is 65.7 Å². The summed E-state index contributed by atoms with van der Waals surface area (Å²) in [4.78, 5) is 35.9. The molecule has 0 aromatic carbocycles. The summed E-state index contributed by atoms with van der Waals surface area (Å²) >= 11 is 0. The van der Waals surface area contributed by atoms with E-state index < -0.39 is 11.5 Å². The Labute approximate surface area is 216 Å². The van der Waals surface area contributed by atoms with Crippen LogP contribution >= 0.6 is 0 Å². The van der Waals surface area contributed by atoms with Crippen LogP contribution in [0.1, 0.15) is 18.0 Å². The predicted molar refractivity (Wildman–Crippen MR) is 134 cm³/mol. The number of carbonyl (C=O) groups is 1. The Morgan fingerprint density at radius 2 is 1.84 bits per heavy atom. The van der Waals surface area contributed by atoms with Crippen LogP contribution in [0.3, 0.4) is 0 Å². The van der Waals surface area contributed by atoms with Crippen molar-refractivity contribution in [3.05, 3.63) is 72.8 Å². The van der Waals surface area contributed by atoms with E-state index in [1.807, 2.05) is 25.1 Å². The number of rotatable bonds is 6. The molecule has 0 saturated carbocycles. The van der Waals surface area contributed by atoms with Crippen LogP contribution in [0.2, 0.25) is 0 Å². The monoisotopic (exact) mass is 510 g/mol. The van der Waals surface area contributed by atoms with Gasteiger partial charge in [-0.1, -0.05) is 11.2 Å². The van der Waals surface area contributed by atoms with Crippen LogP contribution in [0.5, 0.6) is 0 Å². The number of nitrogens with one attached hydrogen (secondary N) is 1. The lowest BCUT2D eigenvalue weighted by Gasteiger charge is -2.16. The number of aryl methyl sites for hydroxylation is 1. The zero-order valence-electron chi connectivity index (χ0n) is 20.5. The molecule has 13 heteroatoms. The average molecular weight is 511 g/mol. The Morgan fingerprint density at radius 1 is 1.03 bits per heavy atom. The Balaban J connectivity index is 1.22. The van der Waals surface area contributed by atoms with Crippen molar-refractivity contribution in [2.75, 3.05) is 18.9 Å². The highest BCUT2D eigenvalue weighted by molar-refractivity contribution is 5.87. The maximum atomic E-state index is 12.4. The van der Waals surface area contributed by atoms with E-state index in [2.05, 4.69) is 40.5 Å². The quantitative estimate of drug-likeness (QED) is 0.345. The van der Waals surface area contributed by atoms with E-state index in [4.69, 9.17) is 4.52 Å². The van der Waals surface area contributed by atoms with Crippen molar-refractivity contribution in [1.29, 1.82) is 0 Å². The Hall–Kier alpha value is -5.04. The summed E-state index contributed by atoms with van der Waals surface area (Å²) in [6, 6.07) is 12.3. The number of hydrogen-bond acceptors (Lipinski definition) is 11. The normalized spacial score (nSPS) is 17.2. The molecule has 13 nitrogen and oxygen atoms in total. The van der Waals surface area contributed by atoms with Gasteiger partial charge in [0.1, 0.15) is 23.7 Å². The fourth-order valence-corrected chi connectivity index (χ4v) is 4.21. The first kappa shape index (κ1) is 23.4. The second-order valence-corrected chi connectivity index (χ2v) is 8.83. The van der Waals surface area contributed by atoms with E-state index in [-0.39, 0.29) is 12.2 Å². The number of likely N-dealkylation sites (N-methyl/N-ethyl adjacent to an activating group) is 1. The van der Waals surface area contributed by atoms with Gasteiger partial charge < -0.3 is 19.8 Å². The third-order valence-corrected chi connectivity index (χ3v) is 6.31. The average Bonchev–Trinajstić information content (AvgIpc) is 3.67. The first-order valence-corrected chi connectivity index (χ1v) is 11.8. The third kappa shape index (κ3) is 4.14. The van der Waals surface area contributed by atoms with Crippen LogP contribution in [-0.2, 0) is 10.4 Å². The van der Waals surface area contributed by atoms with Crippen molar-refractivity contribution in [3.63, 3.8) is 0 Å². The van der Waals surface area contributed by atoms with E-state index in [0.717, 1.165) is 11.5 Å². The number of aliphatic hydroxyl groups is 1. The van der Waals surface area contributed by atoms with Gasteiger partial charge >= 0.3 is 0 Å². The van der Waals surface area contributed by atoms with Gasteiger partial charge in [0.15, 0.2) is 5.76 Å². The molecule has 0 aliphatic carbocycles. The number of pyridine rings is 2. The molecular weight excluding hydrogens is 488 g/mol. The molecule has 5 aromatic rings. The molecule has 1 amide bonds. The van der Waals surface area contributed by atoms with Gasteiger partial charge in [-0.05, 0) is 37.3 Å². The van der Waals surface area contributed by atoms with E-state index in [9.17, 15) is 9.90 Å². The van der Waals surface area contributed by atoms with Crippen LogP contribution in [0, 0.1) is 6.92 Å². The van der Waals surface area contributed by atoms with E-state index in [1.165, 1.54) is 11.2 Å². The summed E-state index contributed by atoms with van der Waals surface area (Å²) in [5.74, 6) is 1.35. The molecule has 1 aliphatic heterocycles. The minimum Gasteiger partial charge on any atom is -0.373 e. The molecule has 6 rings (SSSR count). The van der Waals surface area contributed by atoms with Crippen LogP contribution in [0.25, 0.3) is 28.5 Å². The predicted octanol–water partition coefficient (Wildman–Crippen LogP) is 2.27. The fourth-order valence-electron chi connectivity index (χ4n) is 4.21. The summed E-state index contributed by atoms with van der Waals surface area (Å²) < 4.78 is 7.04. The van der Waals surface area contributed by atoms with Gasteiger partial charge in [0.05, 0.1) is 29.0 Å². The lowest BCUT2D eigenvalue weighted by molar-refractivity contribution is -0.144. The SMILES string of the molecule is Cc1ncnn1-c1ccc(Nc2nccc(-c3cccc(-c4cc([C@]5(O)CCN(C)C5=O)on4)n3)n2)nc1. The number of amides is 1. The maximum absolute atomic E-state index is 12.4. The van der Waals surface area contributed by atoms with Crippen LogP contribution < -0.4 is 5.32 Å². The molecule has 1 fully saturated rings. The molecule has 2 N–H and O–H groups in total. The zero-order valence-corrected chi connectivity index (χ0v) is 20.5. The largest absolute Gasteiger partial charge is 0.373 e. The highest BCUT2D eigenvalue weighted by atomic mass is 16.5. The molecule has 5 aromatic heterocycles. The van der Waals surface area contributed by atoms with E-state index >= 15 is 0 Å². The molecule has 38 heavy (non-hydrogen) atoms. The van der Waals surface area contributed by atoms with Crippen molar-refractivity contribution in [3.8, 4) is 28.5 Å². The van der Waals surface area contributed by atoms with Crippen molar-refractivity contribution < 1.29 is 14.4 Å². The number of nitrogens with zero attached hydrogens (tertiary/aromatic N) is 9. The van der Waals surface area contributed by atoms with Gasteiger partial charge in [0.25, 0.3) is 5.91 Å². The lowest BCUT2D eigenvalue weighted by atomic mass is 9.98. The Morgan fingerprint density at radius 3 is 2.55 bits per heavy atom. The van der Waals surface area contributed by atoms with Crippen molar-refractivity contribution in [1.82, 2.24) is 44.8 Å². The second-order valence-electron chi connectivity index (χ2n) is 8.83. The minimum atomic E-state index is -1.72. The molecule has 6 heterocycles. The molecule has 0 radical (unpaired) electrons. The van der Waals surface area contributed by atoms with Gasteiger partial charge in [-0.3, -0.25) is 4.79 Å². The number of anilines is 2. The molecule has 0 bridgehead atoms.